The molecule has 4 heteroatoms. The Morgan fingerprint density at radius 3 is 2.15 bits per heavy atom. The standard InChI is InChI=1S/C16H28N2O.ClH/c19-16(9-12-5-3-1-2-4-6-12)18-15-10-13-7-8-14(11-15)17-13;/h12-15,17H,1-11H2,(H,18,19);1H. The number of hydrogen-bond donors (Lipinski definition) is 2. The lowest BCUT2D eigenvalue weighted by molar-refractivity contribution is -0.123. The minimum atomic E-state index is 0. The molecule has 0 aromatic rings. The van der Waals surface area contributed by atoms with Gasteiger partial charge in [-0.1, -0.05) is 25.7 Å². The number of carbonyl (C=O) groups excluding carboxylic acids is 1. The predicted octanol–water partition coefficient (Wildman–Crippen LogP) is 3.17. The van der Waals surface area contributed by atoms with Crippen molar-refractivity contribution in [2.75, 3.05) is 0 Å². The lowest BCUT2D eigenvalue weighted by Crippen LogP contribution is -2.48. The van der Waals surface area contributed by atoms with Crippen molar-refractivity contribution in [1.82, 2.24) is 10.6 Å². The number of rotatable bonds is 3. The monoisotopic (exact) mass is 300 g/mol. The molecule has 0 spiro atoms. The second-order valence-corrected chi connectivity index (χ2v) is 6.94. The van der Waals surface area contributed by atoms with Gasteiger partial charge in [-0.3, -0.25) is 4.79 Å². The zero-order chi connectivity index (χ0) is 13.1. The Morgan fingerprint density at radius 2 is 1.55 bits per heavy atom. The second kappa shape index (κ2) is 7.65. The molecule has 2 saturated heterocycles. The third-order valence-electron chi connectivity index (χ3n) is 5.29. The Bertz CT molecular complexity index is 304. The largest absolute Gasteiger partial charge is 0.353 e. The Balaban J connectivity index is 0.00000147. The van der Waals surface area contributed by atoms with Gasteiger partial charge in [0.2, 0.25) is 5.91 Å². The first-order valence-corrected chi connectivity index (χ1v) is 8.35. The van der Waals surface area contributed by atoms with Crippen LogP contribution in [-0.4, -0.2) is 24.0 Å². The molecule has 3 aliphatic rings. The fourth-order valence-corrected chi connectivity index (χ4v) is 4.29. The Labute approximate surface area is 129 Å². The lowest BCUT2D eigenvalue weighted by Gasteiger charge is -2.30. The van der Waals surface area contributed by atoms with Crippen LogP contribution in [0, 0.1) is 5.92 Å². The Morgan fingerprint density at radius 1 is 0.950 bits per heavy atom. The number of amides is 1. The number of halogens is 1. The molecule has 1 saturated carbocycles. The van der Waals surface area contributed by atoms with E-state index in [2.05, 4.69) is 10.6 Å². The molecule has 0 radical (unpaired) electrons. The molecule has 0 aromatic carbocycles. The molecule has 2 bridgehead atoms. The molecule has 1 amide bonds. The van der Waals surface area contributed by atoms with Gasteiger partial charge in [0.25, 0.3) is 0 Å². The van der Waals surface area contributed by atoms with Crippen LogP contribution in [0.25, 0.3) is 0 Å². The molecule has 2 unspecified atom stereocenters. The van der Waals surface area contributed by atoms with Gasteiger partial charge in [0.05, 0.1) is 0 Å². The number of hydrogen-bond acceptors (Lipinski definition) is 2. The summed E-state index contributed by atoms with van der Waals surface area (Å²) < 4.78 is 0. The summed E-state index contributed by atoms with van der Waals surface area (Å²) in [6.07, 6.45) is 13.6. The van der Waals surface area contributed by atoms with Crippen molar-refractivity contribution in [3.05, 3.63) is 0 Å². The zero-order valence-electron chi connectivity index (χ0n) is 12.4. The van der Waals surface area contributed by atoms with Crippen LogP contribution < -0.4 is 10.6 Å². The summed E-state index contributed by atoms with van der Waals surface area (Å²) in [6, 6.07) is 1.78. The van der Waals surface area contributed by atoms with Crippen LogP contribution in [0.2, 0.25) is 0 Å². The van der Waals surface area contributed by atoms with Crippen molar-refractivity contribution in [1.29, 1.82) is 0 Å². The van der Waals surface area contributed by atoms with Gasteiger partial charge >= 0.3 is 0 Å². The number of nitrogens with one attached hydrogen (secondary N) is 2. The van der Waals surface area contributed by atoms with Gasteiger partial charge in [-0.2, -0.15) is 0 Å². The summed E-state index contributed by atoms with van der Waals surface area (Å²) in [4.78, 5) is 12.2. The molecule has 2 N–H and O–H groups in total. The van der Waals surface area contributed by atoms with Crippen LogP contribution in [0.15, 0.2) is 0 Å². The SMILES string of the molecule is Cl.O=C(CC1CCCCCC1)NC1CC2CCC(C1)N2. The average Bonchev–Trinajstić information content (AvgIpc) is 2.60. The first-order valence-electron chi connectivity index (χ1n) is 8.35. The molecule has 116 valence electrons. The smallest absolute Gasteiger partial charge is 0.220 e. The van der Waals surface area contributed by atoms with E-state index in [-0.39, 0.29) is 12.4 Å². The first kappa shape index (κ1) is 16.1. The summed E-state index contributed by atoms with van der Waals surface area (Å²) in [6.45, 7) is 0. The van der Waals surface area contributed by atoms with Gasteiger partial charge in [-0.05, 0) is 44.4 Å². The molecule has 3 fully saturated rings. The van der Waals surface area contributed by atoms with Gasteiger partial charge in [-0.25, -0.2) is 0 Å². The third kappa shape index (κ3) is 4.36. The van der Waals surface area contributed by atoms with E-state index in [1.165, 1.54) is 51.4 Å². The Kier molecular flexibility index (Phi) is 6.16. The van der Waals surface area contributed by atoms with Gasteiger partial charge in [0.1, 0.15) is 0 Å². The van der Waals surface area contributed by atoms with Gasteiger partial charge in [0.15, 0.2) is 0 Å². The summed E-state index contributed by atoms with van der Waals surface area (Å²) in [5.74, 6) is 0.971. The van der Waals surface area contributed by atoms with E-state index in [9.17, 15) is 4.79 Å². The highest BCUT2D eigenvalue weighted by atomic mass is 35.5. The van der Waals surface area contributed by atoms with Crippen LogP contribution in [0.1, 0.15) is 70.6 Å². The molecule has 3 nitrogen and oxygen atoms in total. The maximum atomic E-state index is 12.2. The zero-order valence-corrected chi connectivity index (χ0v) is 13.2. The van der Waals surface area contributed by atoms with Crippen LogP contribution in [0.3, 0.4) is 0 Å². The third-order valence-corrected chi connectivity index (χ3v) is 5.29. The maximum Gasteiger partial charge on any atom is 0.220 e. The fourth-order valence-electron chi connectivity index (χ4n) is 4.29. The normalized spacial score (nSPS) is 34.1. The van der Waals surface area contributed by atoms with Gasteiger partial charge < -0.3 is 10.6 Å². The molecule has 2 heterocycles. The maximum absolute atomic E-state index is 12.2. The summed E-state index contributed by atoms with van der Waals surface area (Å²) in [5.41, 5.74) is 0. The van der Waals surface area contributed by atoms with Crippen molar-refractivity contribution in [2.24, 2.45) is 5.92 Å². The average molecular weight is 301 g/mol. The topological polar surface area (TPSA) is 41.1 Å². The predicted molar refractivity (Wildman–Crippen MR) is 84.2 cm³/mol. The molecule has 2 atom stereocenters. The fraction of sp³-hybridized carbons (Fsp3) is 0.938. The van der Waals surface area contributed by atoms with E-state index in [1.807, 2.05) is 0 Å². The Hall–Kier alpha value is -0.280. The molecule has 20 heavy (non-hydrogen) atoms. The van der Waals surface area contributed by atoms with Crippen molar-refractivity contribution in [2.45, 2.75) is 88.8 Å². The van der Waals surface area contributed by atoms with Crippen LogP contribution >= 0.6 is 12.4 Å². The van der Waals surface area contributed by atoms with Gasteiger partial charge in [0, 0.05) is 24.5 Å². The van der Waals surface area contributed by atoms with E-state index in [0.717, 1.165) is 19.3 Å². The van der Waals surface area contributed by atoms with E-state index >= 15 is 0 Å². The quantitative estimate of drug-likeness (QED) is 0.786. The summed E-state index contributed by atoms with van der Waals surface area (Å²) in [7, 11) is 0. The van der Waals surface area contributed by atoms with Crippen LogP contribution in [0.4, 0.5) is 0 Å². The number of fused-ring (bicyclic) bond motifs is 2. The highest BCUT2D eigenvalue weighted by Crippen LogP contribution is 2.28. The first-order chi connectivity index (χ1) is 9.29. The second-order valence-electron chi connectivity index (χ2n) is 6.94. The van der Waals surface area contributed by atoms with Gasteiger partial charge in [-0.15, -0.1) is 12.4 Å². The number of piperidine rings is 1. The molecule has 0 aromatic heterocycles. The number of carbonyl (C=O) groups is 1. The molecule has 2 aliphatic heterocycles. The minimum Gasteiger partial charge on any atom is -0.353 e. The molecule has 3 rings (SSSR count). The van der Waals surface area contributed by atoms with Crippen molar-refractivity contribution in [3.8, 4) is 0 Å². The minimum absolute atomic E-state index is 0. The van der Waals surface area contributed by atoms with E-state index in [0.29, 0.717) is 30.0 Å². The molecular weight excluding hydrogens is 272 g/mol. The lowest BCUT2D eigenvalue weighted by atomic mass is 9.95. The van der Waals surface area contributed by atoms with E-state index in [1.54, 1.807) is 0 Å². The summed E-state index contributed by atoms with van der Waals surface area (Å²) >= 11 is 0. The van der Waals surface area contributed by atoms with E-state index < -0.39 is 0 Å². The van der Waals surface area contributed by atoms with Crippen molar-refractivity contribution < 1.29 is 4.79 Å². The highest BCUT2D eigenvalue weighted by molar-refractivity contribution is 5.85. The summed E-state index contributed by atoms with van der Waals surface area (Å²) in [5, 5.41) is 6.94. The van der Waals surface area contributed by atoms with Crippen LogP contribution in [-0.2, 0) is 4.79 Å². The van der Waals surface area contributed by atoms with Crippen molar-refractivity contribution >= 4 is 18.3 Å². The highest BCUT2D eigenvalue weighted by Gasteiger charge is 2.34. The van der Waals surface area contributed by atoms with Crippen LogP contribution in [0.5, 0.6) is 0 Å². The van der Waals surface area contributed by atoms with E-state index in [4.69, 9.17) is 0 Å². The van der Waals surface area contributed by atoms with Crippen molar-refractivity contribution in [3.63, 3.8) is 0 Å². The molecule has 1 aliphatic carbocycles. The molecular formula is C16H29ClN2O.